The zero-order valence-corrected chi connectivity index (χ0v) is 25.7. The Morgan fingerprint density at radius 2 is 1.70 bits per heavy atom. The van der Waals surface area contributed by atoms with Crippen LogP contribution in [0.3, 0.4) is 0 Å². The van der Waals surface area contributed by atoms with Crippen LogP contribution in [0.2, 0.25) is 0 Å². The van der Waals surface area contributed by atoms with Gasteiger partial charge in [-0.2, -0.15) is 4.31 Å². The minimum absolute atomic E-state index is 0.0252. The highest BCUT2D eigenvalue weighted by atomic mass is 32.2. The largest absolute Gasteiger partial charge is 0.497 e. The predicted octanol–water partition coefficient (Wildman–Crippen LogP) is 3.18. The molecule has 0 fully saturated rings. The molecule has 4 rings (SSSR count). The molecule has 0 aromatic heterocycles. The fourth-order valence-corrected chi connectivity index (χ4v) is 6.84. The molecule has 0 radical (unpaired) electrons. The van der Waals surface area contributed by atoms with Gasteiger partial charge in [-0.1, -0.05) is 6.92 Å². The standard InChI is InChI=1S/C29H34FN3O8S2/c1-19-16-33(20(2)18-34)29(35)26-15-22(31-42(36,37)24-10-5-21(30)6-11-24)7-14-27(26)41-28(19)17-32(3)43(38,39)25-12-8-23(40-4)9-13-25/h5-15,19-20,28,31,34H,16-18H2,1-4H3/t19-,20-,28-/m0/s1. The van der Waals surface area contributed by atoms with Crippen molar-refractivity contribution in [3.8, 4) is 11.5 Å². The Hall–Kier alpha value is -3.72. The van der Waals surface area contributed by atoms with Crippen molar-refractivity contribution >= 4 is 31.6 Å². The van der Waals surface area contributed by atoms with Gasteiger partial charge < -0.3 is 19.5 Å². The third-order valence-electron chi connectivity index (χ3n) is 7.25. The number of methoxy groups -OCH3 is 1. The number of anilines is 1. The molecule has 232 valence electrons. The summed E-state index contributed by atoms with van der Waals surface area (Å²) in [5, 5.41) is 9.90. The van der Waals surface area contributed by atoms with E-state index in [1.807, 2.05) is 6.92 Å². The molecule has 2 N–H and O–H groups in total. The van der Waals surface area contributed by atoms with Gasteiger partial charge in [0, 0.05) is 25.2 Å². The topological polar surface area (TPSA) is 143 Å². The molecule has 1 aliphatic rings. The Balaban J connectivity index is 1.67. The number of rotatable bonds is 10. The van der Waals surface area contributed by atoms with Crippen LogP contribution in [0.4, 0.5) is 10.1 Å². The van der Waals surface area contributed by atoms with Crippen LogP contribution in [0.1, 0.15) is 24.2 Å². The normalized spacial score (nSPS) is 18.3. The first-order chi connectivity index (χ1) is 20.3. The molecule has 0 aliphatic carbocycles. The van der Waals surface area contributed by atoms with Crippen molar-refractivity contribution in [3.05, 3.63) is 78.1 Å². The first-order valence-corrected chi connectivity index (χ1v) is 16.3. The van der Waals surface area contributed by atoms with Crippen LogP contribution >= 0.6 is 0 Å². The molecule has 1 amide bonds. The molecule has 0 saturated carbocycles. The first kappa shape index (κ1) is 32.2. The highest BCUT2D eigenvalue weighted by Gasteiger charge is 2.35. The molecule has 14 heteroatoms. The number of aliphatic hydroxyl groups excluding tert-OH is 1. The lowest BCUT2D eigenvalue weighted by Gasteiger charge is -2.38. The van der Waals surface area contributed by atoms with Crippen molar-refractivity contribution in [1.82, 2.24) is 9.21 Å². The second-order valence-electron chi connectivity index (χ2n) is 10.4. The smallest absolute Gasteiger partial charge is 0.261 e. The molecule has 0 bridgehead atoms. The van der Waals surface area contributed by atoms with Gasteiger partial charge in [0.25, 0.3) is 15.9 Å². The number of sulfonamides is 2. The number of amides is 1. The average molecular weight is 636 g/mol. The highest BCUT2D eigenvalue weighted by molar-refractivity contribution is 7.92. The number of halogens is 1. The van der Waals surface area contributed by atoms with Crippen molar-refractivity contribution in [2.45, 2.75) is 35.8 Å². The highest BCUT2D eigenvalue weighted by Crippen LogP contribution is 2.32. The molecule has 0 saturated heterocycles. The molecule has 0 spiro atoms. The first-order valence-electron chi connectivity index (χ1n) is 13.4. The zero-order chi connectivity index (χ0) is 31.5. The molecule has 3 atom stereocenters. The van der Waals surface area contributed by atoms with Gasteiger partial charge in [0.2, 0.25) is 10.0 Å². The van der Waals surface area contributed by atoms with Crippen LogP contribution < -0.4 is 14.2 Å². The predicted molar refractivity (Wildman–Crippen MR) is 158 cm³/mol. The Bertz CT molecular complexity index is 1670. The maximum Gasteiger partial charge on any atom is 0.261 e. The Kier molecular flexibility index (Phi) is 9.64. The summed E-state index contributed by atoms with van der Waals surface area (Å²) in [6.45, 7) is 3.22. The van der Waals surface area contributed by atoms with Gasteiger partial charge in [-0.25, -0.2) is 21.2 Å². The number of carbonyl (C=O) groups is 1. The van der Waals surface area contributed by atoms with E-state index in [-0.39, 0.29) is 52.4 Å². The Morgan fingerprint density at radius 3 is 2.30 bits per heavy atom. The van der Waals surface area contributed by atoms with Crippen LogP contribution in [-0.4, -0.2) is 83.1 Å². The molecular weight excluding hydrogens is 601 g/mol. The summed E-state index contributed by atoms with van der Waals surface area (Å²) in [5.41, 5.74) is 0.0816. The van der Waals surface area contributed by atoms with Crippen molar-refractivity contribution in [2.75, 3.05) is 38.6 Å². The van der Waals surface area contributed by atoms with Crippen molar-refractivity contribution in [2.24, 2.45) is 5.92 Å². The van der Waals surface area contributed by atoms with E-state index in [0.29, 0.717) is 5.75 Å². The van der Waals surface area contributed by atoms with E-state index < -0.39 is 43.9 Å². The van der Waals surface area contributed by atoms with Crippen molar-refractivity contribution in [1.29, 1.82) is 0 Å². The van der Waals surface area contributed by atoms with E-state index in [4.69, 9.17) is 9.47 Å². The Labute approximate surface area is 250 Å². The number of nitrogens with one attached hydrogen (secondary N) is 1. The third kappa shape index (κ3) is 7.09. The molecule has 3 aromatic rings. The molecular formula is C29H34FN3O8S2. The second-order valence-corrected chi connectivity index (χ2v) is 14.1. The Morgan fingerprint density at radius 1 is 1.07 bits per heavy atom. The molecule has 0 unspecified atom stereocenters. The summed E-state index contributed by atoms with van der Waals surface area (Å²) in [6, 6.07) is 13.8. The number of likely N-dealkylation sites (N-methyl/N-ethyl adjacent to an activating group) is 1. The lowest BCUT2D eigenvalue weighted by molar-refractivity contribution is 0.0387. The van der Waals surface area contributed by atoms with E-state index in [9.17, 15) is 31.1 Å². The summed E-state index contributed by atoms with van der Waals surface area (Å²) in [4.78, 5) is 15.0. The van der Waals surface area contributed by atoms with E-state index in [1.165, 1.54) is 53.7 Å². The zero-order valence-electron chi connectivity index (χ0n) is 24.1. The number of ether oxygens (including phenoxy) is 2. The van der Waals surface area contributed by atoms with Gasteiger partial charge in [-0.15, -0.1) is 0 Å². The van der Waals surface area contributed by atoms with Crippen LogP contribution in [0, 0.1) is 11.7 Å². The maximum absolute atomic E-state index is 13.7. The summed E-state index contributed by atoms with van der Waals surface area (Å²) in [6.07, 6.45) is -0.722. The van der Waals surface area contributed by atoms with E-state index in [2.05, 4.69) is 4.72 Å². The number of aliphatic hydroxyl groups is 1. The number of benzene rings is 3. The number of hydrogen-bond donors (Lipinski definition) is 2. The van der Waals surface area contributed by atoms with E-state index in [0.717, 1.165) is 24.3 Å². The van der Waals surface area contributed by atoms with Crippen LogP contribution in [0.15, 0.2) is 76.5 Å². The quantitative estimate of drug-likeness (QED) is 0.346. The maximum atomic E-state index is 13.7. The number of carbonyl (C=O) groups excluding carboxylic acids is 1. The van der Waals surface area contributed by atoms with Crippen molar-refractivity contribution < 1.29 is 40.6 Å². The van der Waals surface area contributed by atoms with Crippen LogP contribution in [-0.2, 0) is 20.0 Å². The van der Waals surface area contributed by atoms with E-state index >= 15 is 0 Å². The number of fused-ring (bicyclic) bond motifs is 1. The summed E-state index contributed by atoms with van der Waals surface area (Å²) in [7, 11) is -5.11. The van der Waals surface area contributed by atoms with Gasteiger partial charge in [-0.3, -0.25) is 9.52 Å². The van der Waals surface area contributed by atoms with Gasteiger partial charge in [0.15, 0.2) is 0 Å². The average Bonchev–Trinajstić information content (AvgIpc) is 2.98. The van der Waals surface area contributed by atoms with Gasteiger partial charge in [0.1, 0.15) is 23.4 Å². The SMILES string of the molecule is COc1ccc(S(=O)(=O)N(C)C[C@@H]2Oc3ccc(NS(=O)(=O)c4ccc(F)cc4)cc3C(=O)N([C@@H](C)CO)C[C@@H]2C)cc1. The van der Waals surface area contributed by atoms with Crippen LogP contribution in [0.25, 0.3) is 0 Å². The minimum Gasteiger partial charge on any atom is -0.497 e. The van der Waals surface area contributed by atoms with Gasteiger partial charge in [0.05, 0.1) is 41.7 Å². The fraction of sp³-hybridized carbons (Fsp3) is 0.345. The fourth-order valence-electron chi connectivity index (χ4n) is 4.61. The molecule has 3 aromatic carbocycles. The summed E-state index contributed by atoms with van der Waals surface area (Å²) >= 11 is 0. The monoisotopic (exact) mass is 635 g/mol. The lowest BCUT2D eigenvalue weighted by atomic mass is 9.99. The molecule has 1 heterocycles. The van der Waals surface area contributed by atoms with Gasteiger partial charge in [-0.05, 0) is 73.7 Å². The van der Waals surface area contributed by atoms with Crippen molar-refractivity contribution in [3.63, 3.8) is 0 Å². The molecule has 1 aliphatic heterocycles. The minimum atomic E-state index is -4.11. The summed E-state index contributed by atoms with van der Waals surface area (Å²) < 4.78 is 80.7. The second kappa shape index (κ2) is 12.9. The number of hydrogen-bond acceptors (Lipinski definition) is 8. The third-order valence-corrected chi connectivity index (χ3v) is 10.5. The molecule has 43 heavy (non-hydrogen) atoms. The molecule has 11 nitrogen and oxygen atoms in total. The summed E-state index contributed by atoms with van der Waals surface area (Å²) in [5.74, 6) is -0.818. The van der Waals surface area contributed by atoms with Crippen LogP contribution in [0.5, 0.6) is 11.5 Å². The van der Waals surface area contributed by atoms with Gasteiger partial charge >= 0.3 is 0 Å². The van der Waals surface area contributed by atoms with E-state index in [1.54, 1.807) is 19.1 Å². The lowest BCUT2D eigenvalue weighted by Crippen LogP contribution is -2.50. The number of nitrogens with zero attached hydrogens (tertiary/aromatic N) is 2.